The summed E-state index contributed by atoms with van der Waals surface area (Å²) in [5.74, 6) is 6.13. The van der Waals surface area contributed by atoms with Crippen molar-refractivity contribution in [1.29, 1.82) is 0 Å². The second kappa shape index (κ2) is 9.88. The van der Waals surface area contributed by atoms with E-state index in [0.717, 1.165) is 19.3 Å². The topological polar surface area (TPSA) is 84.7 Å². The lowest BCUT2D eigenvalue weighted by Gasteiger charge is -2.33. The van der Waals surface area contributed by atoms with Gasteiger partial charge in [0.25, 0.3) is 5.78 Å². The number of nitrogens with one attached hydrogen (secondary N) is 1. The van der Waals surface area contributed by atoms with Crippen LogP contribution in [0.1, 0.15) is 52.5 Å². The smallest absolute Gasteiger partial charge is 0.410 e. The number of fused-ring (bicyclic) bond motifs is 2. The van der Waals surface area contributed by atoms with Crippen molar-refractivity contribution >= 4 is 29.3 Å². The number of aromatic nitrogens is 4. The summed E-state index contributed by atoms with van der Waals surface area (Å²) < 4.78 is 38.0. The lowest BCUT2D eigenvalue weighted by Crippen LogP contribution is -2.37. The van der Waals surface area contributed by atoms with E-state index in [1.807, 2.05) is 27.7 Å². The van der Waals surface area contributed by atoms with Gasteiger partial charge < -0.3 is 15.0 Å². The maximum Gasteiger partial charge on any atom is 0.410 e. The number of piperidine rings is 1. The van der Waals surface area contributed by atoms with Gasteiger partial charge in [0.1, 0.15) is 34.5 Å². The molecule has 1 N–H and O–H groups in total. The van der Waals surface area contributed by atoms with Gasteiger partial charge in [0.15, 0.2) is 0 Å². The molecule has 2 aromatic heterocycles. The van der Waals surface area contributed by atoms with Gasteiger partial charge in [-0.3, -0.25) is 0 Å². The van der Waals surface area contributed by atoms with Gasteiger partial charge in [-0.15, -0.1) is 0 Å². The minimum Gasteiger partial charge on any atom is -0.444 e. The van der Waals surface area contributed by atoms with E-state index < -0.39 is 17.2 Å². The minimum atomic E-state index is -0.793. The third-order valence-electron chi connectivity index (χ3n) is 8.13. The van der Waals surface area contributed by atoms with E-state index in [1.54, 1.807) is 4.90 Å². The second-order valence-electron chi connectivity index (χ2n) is 12.0. The molecular weight excluding hydrogens is 538 g/mol. The number of anilines is 1. The number of ether oxygens (including phenoxy) is 1. The van der Waals surface area contributed by atoms with E-state index in [9.17, 15) is 4.79 Å². The molecule has 1 aromatic carbocycles. The van der Waals surface area contributed by atoms with Crippen LogP contribution in [-0.4, -0.2) is 55.3 Å². The molecule has 4 atom stereocenters. The summed E-state index contributed by atoms with van der Waals surface area (Å²) in [6, 6.07) is 2.48. The van der Waals surface area contributed by atoms with Gasteiger partial charge in [-0.1, -0.05) is 29.9 Å². The largest absolute Gasteiger partial charge is 0.444 e. The van der Waals surface area contributed by atoms with Crippen LogP contribution in [0.25, 0.3) is 16.9 Å². The summed E-state index contributed by atoms with van der Waals surface area (Å²) in [6.45, 7) is 8.70. The first kappa shape index (κ1) is 26.8. The van der Waals surface area contributed by atoms with Crippen LogP contribution in [0.5, 0.6) is 0 Å². The number of hydrogen-bond acceptors (Lipinski definition) is 6. The van der Waals surface area contributed by atoms with Gasteiger partial charge in [0.05, 0.1) is 11.1 Å². The van der Waals surface area contributed by atoms with Crippen LogP contribution in [0.4, 0.5) is 19.4 Å². The Hall–Kier alpha value is -3.45. The average Bonchev–Trinajstić information content (AvgIpc) is 3.15. The first-order valence-electron chi connectivity index (χ1n) is 13.6. The summed E-state index contributed by atoms with van der Waals surface area (Å²) in [7, 11) is 0. The maximum absolute atomic E-state index is 15.6. The maximum atomic E-state index is 15.6. The predicted molar refractivity (Wildman–Crippen MR) is 147 cm³/mol. The molecule has 2 aliphatic carbocycles. The molecule has 6 rings (SSSR count). The lowest BCUT2D eigenvalue weighted by atomic mass is 9.80. The van der Waals surface area contributed by atoms with Crippen LogP contribution in [0.2, 0.25) is 5.15 Å². The number of carbonyl (C=O) groups excluding carboxylic acids is 1. The van der Waals surface area contributed by atoms with E-state index in [0.29, 0.717) is 24.8 Å². The number of rotatable bonds is 4. The van der Waals surface area contributed by atoms with Crippen LogP contribution in [0.3, 0.4) is 0 Å². The van der Waals surface area contributed by atoms with Gasteiger partial charge in [-0.2, -0.15) is 19.6 Å². The zero-order chi connectivity index (χ0) is 28.3. The van der Waals surface area contributed by atoms with Crippen molar-refractivity contribution in [3.05, 3.63) is 40.8 Å². The van der Waals surface area contributed by atoms with Crippen molar-refractivity contribution in [3.63, 3.8) is 0 Å². The van der Waals surface area contributed by atoms with Gasteiger partial charge in [0.2, 0.25) is 0 Å². The molecule has 11 heteroatoms. The van der Waals surface area contributed by atoms with Crippen LogP contribution in [-0.2, 0) is 4.74 Å². The number of nitrogens with zero attached hydrogens (tertiary/aromatic N) is 5. The molecular formula is C29H31ClF2N6O2. The molecule has 3 fully saturated rings. The molecule has 1 saturated heterocycles. The van der Waals surface area contributed by atoms with E-state index in [4.69, 9.17) is 16.3 Å². The van der Waals surface area contributed by atoms with Crippen LogP contribution in [0, 0.1) is 47.1 Å². The molecule has 40 heavy (non-hydrogen) atoms. The number of hydrogen-bond donors (Lipinski definition) is 1. The molecule has 3 heterocycles. The zero-order valence-corrected chi connectivity index (χ0v) is 23.6. The number of benzene rings is 1. The Balaban J connectivity index is 1.24. The minimum absolute atomic E-state index is 0.0406. The average molecular weight is 569 g/mol. The molecule has 1 unspecified atom stereocenters. The molecule has 1 amide bonds. The van der Waals surface area contributed by atoms with Crippen molar-refractivity contribution < 1.29 is 18.3 Å². The Kier molecular flexibility index (Phi) is 6.61. The number of carbonyl (C=O) groups is 1. The van der Waals surface area contributed by atoms with Gasteiger partial charge in [0, 0.05) is 30.6 Å². The predicted octanol–water partition coefficient (Wildman–Crippen LogP) is 5.79. The fourth-order valence-corrected chi connectivity index (χ4v) is 5.97. The normalized spacial score (nSPS) is 22.8. The molecule has 3 aliphatic rings. The van der Waals surface area contributed by atoms with Crippen molar-refractivity contribution in [2.24, 2.45) is 23.7 Å². The molecule has 3 aromatic rings. The molecule has 1 aliphatic heterocycles. The molecule has 0 radical (unpaired) electrons. The molecule has 210 valence electrons. The summed E-state index contributed by atoms with van der Waals surface area (Å²) in [6.07, 6.45) is 4.34. The number of likely N-dealkylation sites (tertiary alicyclic amines) is 1. The van der Waals surface area contributed by atoms with E-state index in [1.165, 1.54) is 23.0 Å². The van der Waals surface area contributed by atoms with Gasteiger partial charge in [-0.25, -0.2) is 13.6 Å². The Bertz CT molecular complexity index is 1520. The van der Waals surface area contributed by atoms with Crippen LogP contribution >= 0.6 is 11.6 Å². The summed E-state index contributed by atoms with van der Waals surface area (Å²) in [4.78, 5) is 22.3. The number of amides is 1. The van der Waals surface area contributed by atoms with Crippen LogP contribution in [0.15, 0.2) is 18.5 Å². The monoisotopic (exact) mass is 568 g/mol. The first-order chi connectivity index (χ1) is 19.0. The fourth-order valence-electron chi connectivity index (χ4n) is 5.71. The lowest BCUT2D eigenvalue weighted by molar-refractivity contribution is 0.0269. The van der Waals surface area contributed by atoms with Crippen molar-refractivity contribution in [2.75, 3.05) is 18.4 Å². The third-order valence-corrected chi connectivity index (χ3v) is 8.40. The van der Waals surface area contributed by atoms with Crippen molar-refractivity contribution in [2.45, 2.75) is 58.6 Å². The summed E-state index contributed by atoms with van der Waals surface area (Å²) >= 11 is 6.50. The third kappa shape index (κ3) is 4.96. The van der Waals surface area contributed by atoms with E-state index in [-0.39, 0.29) is 57.5 Å². The van der Waals surface area contributed by atoms with Crippen molar-refractivity contribution in [1.82, 2.24) is 24.5 Å². The standard InChI is InChI=1S/C29H31ClF2N6O2/c1-15(17-6-5-7-17)35-26-24(25(30)36-27-33-14-34-38(26)27)23-21(31)10-16(11-22(23)32)8-9-18-19-12-37(13-20(18)19)28(39)40-29(2,3)4/h10-11,14-15,17-20,35H,5-7,12-13H2,1-4H3/t15-,18?,19-,20+/m1/s1. The summed E-state index contributed by atoms with van der Waals surface area (Å²) in [5.41, 5.74) is -0.508. The number of halogens is 3. The van der Waals surface area contributed by atoms with Gasteiger partial charge >= 0.3 is 6.09 Å². The van der Waals surface area contributed by atoms with Crippen LogP contribution < -0.4 is 5.32 Å². The Labute approximate surface area is 236 Å². The molecule has 0 spiro atoms. The molecule has 0 bridgehead atoms. The molecule has 2 saturated carbocycles. The SMILES string of the molecule is C[C@@H](Nc1c(-c2c(F)cc(C#CC3[C@H]4CN(C(=O)OC(C)(C)C)C[C@@H]34)cc2F)c(Cl)nc2ncnn12)C1CCC1. The first-order valence-corrected chi connectivity index (χ1v) is 14.0. The Morgan fingerprint density at radius 1 is 1.18 bits per heavy atom. The van der Waals surface area contributed by atoms with E-state index in [2.05, 4.69) is 32.2 Å². The Morgan fingerprint density at radius 2 is 1.85 bits per heavy atom. The highest BCUT2D eigenvalue weighted by atomic mass is 35.5. The Morgan fingerprint density at radius 3 is 2.45 bits per heavy atom. The van der Waals surface area contributed by atoms with E-state index >= 15 is 8.78 Å². The van der Waals surface area contributed by atoms with Crippen molar-refractivity contribution in [3.8, 4) is 23.0 Å². The highest BCUT2D eigenvalue weighted by molar-refractivity contribution is 6.33. The quantitative estimate of drug-likeness (QED) is 0.317. The summed E-state index contributed by atoms with van der Waals surface area (Å²) in [5, 5.41) is 7.53. The van der Waals surface area contributed by atoms with Gasteiger partial charge in [-0.05, 0) is 70.4 Å². The highest BCUT2D eigenvalue weighted by Gasteiger charge is 2.56. The fraction of sp³-hybridized carbons (Fsp3) is 0.517. The second-order valence-corrected chi connectivity index (χ2v) is 12.4. The highest BCUT2D eigenvalue weighted by Crippen LogP contribution is 2.51. The molecule has 8 nitrogen and oxygen atoms in total. The zero-order valence-electron chi connectivity index (χ0n) is 22.8.